The van der Waals surface area contributed by atoms with Gasteiger partial charge >= 0.3 is 12.0 Å². The molecule has 7 nitrogen and oxygen atoms in total. The average molecular weight is 274 g/mol. The number of ether oxygens (including phenoxy) is 1. The summed E-state index contributed by atoms with van der Waals surface area (Å²) >= 11 is 0. The molecule has 0 bridgehead atoms. The van der Waals surface area contributed by atoms with Crippen LogP contribution in [0.3, 0.4) is 0 Å². The lowest BCUT2D eigenvalue weighted by Crippen LogP contribution is -2.57. The van der Waals surface area contributed by atoms with Gasteiger partial charge in [-0.25, -0.2) is 9.59 Å². The summed E-state index contributed by atoms with van der Waals surface area (Å²) in [4.78, 5) is 24.7. The topological polar surface area (TPSA) is 99.1 Å². The molecule has 1 aliphatic heterocycles. The van der Waals surface area contributed by atoms with Crippen LogP contribution in [0.15, 0.2) is 0 Å². The summed E-state index contributed by atoms with van der Waals surface area (Å²) in [5.74, 6) is -1.14. The maximum atomic E-state index is 12.1. The van der Waals surface area contributed by atoms with Gasteiger partial charge in [-0.15, -0.1) is 0 Å². The number of aliphatic carboxylic acids is 1. The Labute approximate surface area is 112 Å². The van der Waals surface area contributed by atoms with Gasteiger partial charge in [0.1, 0.15) is 6.04 Å². The molecule has 3 unspecified atom stereocenters. The second-order valence-electron chi connectivity index (χ2n) is 4.71. The first-order valence-electron chi connectivity index (χ1n) is 6.52. The molecule has 0 aliphatic carbocycles. The van der Waals surface area contributed by atoms with Gasteiger partial charge in [0.15, 0.2) is 0 Å². The highest BCUT2D eigenvalue weighted by atomic mass is 16.5. The SMILES string of the molecule is CCC1COC(C)CN1C(=O)NC(CCO)C(=O)O. The van der Waals surface area contributed by atoms with Crippen molar-refractivity contribution in [3.05, 3.63) is 0 Å². The number of rotatable bonds is 5. The van der Waals surface area contributed by atoms with Crippen LogP contribution in [0.2, 0.25) is 0 Å². The third-order valence-corrected chi connectivity index (χ3v) is 3.21. The number of nitrogens with zero attached hydrogens (tertiary/aromatic N) is 1. The number of aliphatic hydroxyl groups excluding tert-OH is 1. The van der Waals surface area contributed by atoms with Crippen LogP contribution in [-0.4, -0.2) is 65.1 Å². The third kappa shape index (κ3) is 4.36. The highest BCUT2D eigenvalue weighted by molar-refractivity contribution is 5.82. The normalized spacial score (nSPS) is 24.9. The smallest absolute Gasteiger partial charge is 0.326 e. The lowest BCUT2D eigenvalue weighted by molar-refractivity contribution is -0.139. The van der Waals surface area contributed by atoms with E-state index in [0.29, 0.717) is 13.2 Å². The molecule has 1 heterocycles. The number of nitrogens with one attached hydrogen (secondary N) is 1. The zero-order chi connectivity index (χ0) is 14.4. The lowest BCUT2D eigenvalue weighted by atomic mass is 10.1. The number of carboxylic acids is 1. The Balaban J connectivity index is 2.65. The molecule has 0 saturated carbocycles. The van der Waals surface area contributed by atoms with Crippen molar-refractivity contribution in [1.82, 2.24) is 10.2 Å². The molecule has 1 saturated heterocycles. The molecule has 2 amide bonds. The van der Waals surface area contributed by atoms with Gasteiger partial charge in [0, 0.05) is 19.6 Å². The summed E-state index contributed by atoms with van der Waals surface area (Å²) in [5, 5.41) is 20.2. The summed E-state index contributed by atoms with van der Waals surface area (Å²) in [6.07, 6.45) is 0.685. The summed E-state index contributed by atoms with van der Waals surface area (Å²) in [6.45, 7) is 4.44. The van der Waals surface area contributed by atoms with Crippen molar-refractivity contribution in [1.29, 1.82) is 0 Å². The second-order valence-corrected chi connectivity index (χ2v) is 4.71. The van der Waals surface area contributed by atoms with Crippen LogP contribution >= 0.6 is 0 Å². The molecule has 1 aliphatic rings. The predicted octanol–water partition coefficient (Wildman–Crippen LogP) is 0.0309. The van der Waals surface area contributed by atoms with Gasteiger partial charge in [-0.2, -0.15) is 0 Å². The summed E-state index contributed by atoms with van der Waals surface area (Å²) < 4.78 is 5.48. The lowest BCUT2D eigenvalue weighted by Gasteiger charge is -2.38. The largest absolute Gasteiger partial charge is 0.480 e. The Kier molecular flexibility index (Phi) is 6.04. The molecule has 0 aromatic heterocycles. The molecule has 7 heteroatoms. The van der Waals surface area contributed by atoms with Crippen LogP contribution in [0.4, 0.5) is 4.79 Å². The first kappa shape index (κ1) is 15.7. The molecule has 1 rings (SSSR count). The van der Waals surface area contributed by atoms with E-state index in [1.165, 1.54) is 0 Å². The highest BCUT2D eigenvalue weighted by Crippen LogP contribution is 2.14. The first-order valence-corrected chi connectivity index (χ1v) is 6.52. The maximum absolute atomic E-state index is 12.1. The Morgan fingerprint density at radius 2 is 2.21 bits per heavy atom. The Bertz CT molecular complexity index is 323. The number of hydrogen-bond acceptors (Lipinski definition) is 4. The van der Waals surface area contributed by atoms with Crippen molar-refractivity contribution in [2.45, 2.75) is 44.9 Å². The van der Waals surface area contributed by atoms with Gasteiger partial charge in [0.25, 0.3) is 0 Å². The molecule has 3 N–H and O–H groups in total. The van der Waals surface area contributed by atoms with Crippen LogP contribution in [0.1, 0.15) is 26.7 Å². The van der Waals surface area contributed by atoms with Crippen LogP contribution < -0.4 is 5.32 Å². The van der Waals surface area contributed by atoms with E-state index in [9.17, 15) is 9.59 Å². The Morgan fingerprint density at radius 1 is 1.53 bits per heavy atom. The molecule has 0 spiro atoms. The minimum Gasteiger partial charge on any atom is -0.480 e. The van der Waals surface area contributed by atoms with Crippen molar-refractivity contribution >= 4 is 12.0 Å². The number of aliphatic hydroxyl groups is 1. The number of carbonyl (C=O) groups is 2. The summed E-state index contributed by atoms with van der Waals surface area (Å²) in [7, 11) is 0. The van der Waals surface area contributed by atoms with E-state index < -0.39 is 18.0 Å². The number of morpholine rings is 1. The fourth-order valence-electron chi connectivity index (χ4n) is 2.05. The van der Waals surface area contributed by atoms with Gasteiger partial charge in [-0.05, 0) is 13.3 Å². The van der Waals surface area contributed by atoms with Crippen molar-refractivity contribution < 1.29 is 24.5 Å². The molecule has 19 heavy (non-hydrogen) atoms. The van der Waals surface area contributed by atoms with E-state index in [1.807, 2.05) is 13.8 Å². The standard InChI is InChI=1S/C12H22N2O5/c1-3-9-7-19-8(2)6-14(9)12(18)13-10(4-5-15)11(16)17/h8-10,15H,3-7H2,1-2H3,(H,13,18)(H,16,17). The number of carboxylic acid groups (broad SMARTS) is 1. The van der Waals surface area contributed by atoms with E-state index in [-0.39, 0.29) is 25.2 Å². The number of urea groups is 1. The molecule has 110 valence electrons. The van der Waals surface area contributed by atoms with Crippen LogP contribution in [0.25, 0.3) is 0 Å². The molecule has 3 atom stereocenters. The maximum Gasteiger partial charge on any atom is 0.326 e. The van der Waals surface area contributed by atoms with E-state index in [2.05, 4.69) is 5.32 Å². The van der Waals surface area contributed by atoms with Crippen LogP contribution in [0.5, 0.6) is 0 Å². The van der Waals surface area contributed by atoms with Gasteiger partial charge in [-0.3, -0.25) is 0 Å². The minimum absolute atomic E-state index is 0.00222. The molecule has 1 fully saturated rings. The summed E-state index contributed by atoms with van der Waals surface area (Å²) in [6, 6.07) is -1.52. The van der Waals surface area contributed by atoms with Crippen molar-refractivity contribution in [2.24, 2.45) is 0 Å². The van der Waals surface area contributed by atoms with Crippen molar-refractivity contribution in [3.8, 4) is 0 Å². The minimum atomic E-state index is -1.14. The van der Waals surface area contributed by atoms with E-state index in [0.717, 1.165) is 6.42 Å². The monoisotopic (exact) mass is 274 g/mol. The zero-order valence-corrected chi connectivity index (χ0v) is 11.3. The fraction of sp³-hybridized carbons (Fsp3) is 0.833. The van der Waals surface area contributed by atoms with Crippen molar-refractivity contribution in [2.75, 3.05) is 19.8 Å². The second kappa shape index (κ2) is 7.30. The quantitative estimate of drug-likeness (QED) is 0.657. The van der Waals surface area contributed by atoms with Crippen LogP contribution in [-0.2, 0) is 9.53 Å². The number of amides is 2. The first-order chi connectivity index (χ1) is 8.99. The number of hydrogen-bond donors (Lipinski definition) is 3. The van der Waals surface area contributed by atoms with Gasteiger partial charge < -0.3 is 25.2 Å². The van der Waals surface area contributed by atoms with E-state index in [1.54, 1.807) is 4.90 Å². The molecule has 0 aromatic rings. The van der Waals surface area contributed by atoms with Crippen LogP contribution in [0, 0.1) is 0 Å². The van der Waals surface area contributed by atoms with Crippen molar-refractivity contribution in [3.63, 3.8) is 0 Å². The Hall–Kier alpha value is -1.34. The number of carbonyl (C=O) groups excluding carboxylic acids is 1. The fourth-order valence-corrected chi connectivity index (χ4v) is 2.05. The molecular formula is C12H22N2O5. The predicted molar refractivity (Wildman–Crippen MR) is 67.9 cm³/mol. The molecule has 0 aromatic carbocycles. The van der Waals surface area contributed by atoms with E-state index in [4.69, 9.17) is 14.9 Å². The Morgan fingerprint density at radius 3 is 2.74 bits per heavy atom. The highest BCUT2D eigenvalue weighted by Gasteiger charge is 2.31. The van der Waals surface area contributed by atoms with Gasteiger partial charge in [0.05, 0.1) is 18.8 Å². The van der Waals surface area contributed by atoms with Gasteiger partial charge in [0.2, 0.25) is 0 Å². The van der Waals surface area contributed by atoms with E-state index >= 15 is 0 Å². The molecule has 0 radical (unpaired) electrons. The zero-order valence-electron chi connectivity index (χ0n) is 11.3. The third-order valence-electron chi connectivity index (χ3n) is 3.21. The summed E-state index contributed by atoms with van der Waals surface area (Å²) in [5.41, 5.74) is 0. The molecular weight excluding hydrogens is 252 g/mol. The van der Waals surface area contributed by atoms with Gasteiger partial charge in [-0.1, -0.05) is 6.92 Å². The average Bonchev–Trinajstić information content (AvgIpc) is 2.37.